The first-order valence-electron chi connectivity index (χ1n) is 7.17. The van der Waals surface area contributed by atoms with Crippen LogP contribution in [0, 0.1) is 12.8 Å². The Morgan fingerprint density at radius 1 is 1.42 bits per heavy atom. The van der Waals surface area contributed by atoms with Crippen molar-refractivity contribution in [1.82, 2.24) is 10.2 Å². The van der Waals surface area contributed by atoms with Crippen molar-refractivity contribution < 1.29 is 4.79 Å². The number of benzene rings is 1. The average Bonchev–Trinajstić information content (AvgIpc) is 2.42. The molecular formula is C16H24N2O. The van der Waals surface area contributed by atoms with E-state index in [1.165, 1.54) is 12.0 Å². The summed E-state index contributed by atoms with van der Waals surface area (Å²) in [6.07, 6.45) is 2.90. The van der Waals surface area contributed by atoms with Gasteiger partial charge in [-0.15, -0.1) is 0 Å². The van der Waals surface area contributed by atoms with Crippen molar-refractivity contribution in [3.8, 4) is 0 Å². The van der Waals surface area contributed by atoms with E-state index in [2.05, 4.69) is 24.4 Å². The molecule has 1 N–H and O–H groups in total. The topological polar surface area (TPSA) is 32.3 Å². The average molecular weight is 260 g/mol. The Kier molecular flexibility index (Phi) is 4.97. The van der Waals surface area contributed by atoms with Gasteiger partial charge in [-0.2, -0.15) is 0 Å². The van der Waals surface area contributed by atoms with E-state index in [-0.39, 0.29) is 5.91 Å². The summed E-state index contributed by atoms with van der Waals surface area (Å²) in [4.78, 5) is 14.4. The molecule has 1 aliphatic heterocycles. The predicted molar refractivity (Wildman–Crippen MR) is 78.1 cm³/mol. The van der Waals surface area contributed by atoms with Gasteiger partial charge in [-0.05, 0) is 50.4 Å². The van der Waals surface area contributed by atoms with Crippen LogP contribution in [0.25, 0.3) is 0 Å². The van der Waals surface area contributed by atoms with Gasteiger partial charge < -0.3 is 10.2 Å². The minimum Gasteiger partial charge on any atom is -0.342 e. The molecular weight excluding hydrogens is 236 g/mol. The minimum atomic E-state index is 0.273. The van der Waals surface area contributed by atoms with Crippen molar-refractivity contribution in [2.75, 3.05) is 26.7 Å². The molecule has 1 fully saturated rings. The number of rotatable bonds is 4. The van der Waals surface area contributed by atoms with Crippen molar-refractivity contribution in [3.63, 3.8) is 0 Å². The van der Waals surface area contributed by atoms with Gasteiger partial charge in [0.2, 0.25) is 5.91 Å². The van der Waals surface area contributed by atoms with Crippen molar-refractivity contribution in [2.45, 2.75) is 26.2 Å². The van der Waals surface area contributed by atoms with Crippen molar-refractivity contribution in [2.24, 2.45) is 5.92 Å². The Balaban J connectivity index is 1.94. The van der Waals surface area contributed by atoms with Crippen LogP contribution in [0.4, 0.5) is 0 Å². The van der Waals surface area contributed by atoms with Crippen LogP contribution in [0.3, 0.4) is 0 Å². The SMILES string of the molecule is CNC[C@H]1CCCN(C(=O)Cc2ccccc2C)C1. The second-order valence-corrected chi connectivity index (χ2v) is 5.51. The van der Waals surface area contributed by atoms with E-state index in [9.17, 15) is 4.79 Å². The fraction of sp³-hybridized carbons (Fsp3) is 0.562. The number of nitrogens with one attached hydrogen (secondary N) is 1. The lowest BCUT2D eigenvalue weighted by Gasteiger charge is -2.33. The van der Waals surface area contributed by atoms with Gasteiger partial charge in [0.15, 0.2) is 0 Å². The van der Waals surface area contributed by atoms with Crippen LogP contribution in [0.2, 0.25) is 0 Å². The summed E-state index contributed by atoms with van der Waals surface area (Å²) >= 11 is 0. The van der Waals surface area contributed by atoms with Gasteiger partial charge in [0, 0.05) is 13.1 Å². The largest absolute Gasteiger partial charge is 0.342 e. The zero-order chi connectivity index (χ0) is 13.7. The van der Waals surface area contributed by atoms with E-state index < -0.39 is 0 Å². The number of likely N-dealkylation sites (tertiary alicyclic amines) is 1. The third-order valence-electron chi connectivity index (χ3n) is 3.97. The van der Waals surface area contributed by atoms with Crippen LogP contribution < -0.4 is 5.32 Å². The van der Waals surface area contributed by atoms with E-state index in [0.717, 1.165) is 31.6 Å². The second-order valence-electron chi connectivity index (χ2n) is 5.51. The molecule has 104 valence electrons. The maximum atomic E-state index is 12.4. The summed E-state index contributed by atoms with van der Waals surface area (Å²) in [5.74, 6) is 0.884. The normalized spacial score (nSPS) is 19.5. The van der Waals surface area contributed by atoms with Crippen LogP contribution in [0.15, 0.2) is 24.3 Å². The lowest BCUT2D eigenvalue weighted by molar-refractivity contribution is -0.132. The molecule has 1 amide bonds. The van der Waals surface area contributed by atoms with Crippen LogP contribution in [-0.4, -0.2) is 37.5 Å². The Morgan fingerprint density at radius 3 is 2.95 bits per heavy atom. The van der Waals surface area contributed by atoms with Crippen molar-refractivity contribution >= 4 is 5.91 Å². The Hall–Kier alpha value is -1.35. The van der Waals surface area contributed by atoms with Crippen LogP contribution >= 0.6 is 0 Å². The summed E-state index contributed by atoms with van der Waals surface area (Å²) in [6, 6.07) is 8.16. The van der Waals surface area contributed by atoms with Gasteiger partial charge in [0.1, 0.15) is 0 Å². The smallest absolute Gasteiger partial charge is 0.227 e. The molecule has 0 unspecified atom stereocenters. The quantitative estimate of drug-likeness (QED) is 0.898. The first-order chi connectivity index (χ1) is 9.20. The standard InChI is InChI=1S/C16H24N2O/c1-13-6-3-4-8-15(13)10-16(19)18-9-5-7-14(12-18)11-17-2/h3-4,6,8,14,17H,5,7,9-12H2,1-2H3/t14-/m1/s1. The summed E-state index contributed by atoms with van der Waals surface area (Å²) in [6.45, 7) is 4.91. The molecule has 0 aromatic heterocycles. The molecule has 1 aromatic rings. The number of amides is 1. The summed E-state index contributed by atoms with van der Waals surface area (Å²) in [5.41, 5.74) is 2.36. The first-order valence-corrected chi connectivity index (χ1v) is 7.17. The molecule has 0 bridgehead atoms. The third kappa shape index (κ3) is 3.80. The first kappa shape index (κ1) is 14.1. The maximum Gasteiger partial charge on any atom is 0.227 e. The van der Waals surface area contributed by atoms with Gasteiger partial charge in [0.25, 0.3) is 0 Å². The number of piperidine rings is 1. The molecule has 1 heterocycles. The zero-order valence-electron chi connectivity index (χ0n) is 12.0. The molecule has 0 radical (unpaired) electrons. The monoisotopic (exact) mass is 260 g/mol. The van der Waals surface area contributed by atoms with E-state index >= 15 is 0 Å². The summed E-state index contributed by atoms with van der Waals surface area (Å²) in [5, 5.41) is 3.22. The van der Waals surface area contributed by atoms with E-state index in [4.69, 9.17) is 0 Å². The lowest BCUT2D eigenvalue weighted by atomic mass is 9.97. The van der Waals surface area contributed by atoms with Crippen molar-refractivity contribution in [3.05, 3.63) is 35.4 Å². The van der Waals surface area contributed by atoms with E-state index in [1.807, 2.05) is 24.1 Å². The van der Waals surface area contributed by atoms with Gasteiger partial charge in [-0.25, -0.2) is 0 Å². The molecule has 1 saturated heterocycles. The molecule has 0 aliphatic carbocycles. The number of carbonyl (C=O) groups is 1. The molecule has 1 atom stereocenters. The highest BCUT2D eigenvalue weighted by molar-refractivity contribution is 5.79. The molecule has 19 heavy (non-hydrogen) atoms. The molecule has 3 heteroatoms. The number of hydrogen-bond acceptors (Lipinski definition) is 2. The van der Waals surface area contributed by atoms with E-state index in [1.54, 1.807) is 0 Å². The van der Waals surface area contributed by atoms with Gasteiger partial charge in [-0.3, -0.25) is 4.79 Å². The Labute approximate surface area is 116 Å². The maximum absolute atomic E-state index is 12.4. The number of aryl methyl sites for hydroxylation is 1. The second kappa shape index (κ2) is 6.71. The molecule has 1 aliphatic rings. The van der Waals surface area contributed by atoms with Gasteiger partial charge in [-0.1, -0.05) is 24.3 Å². The predicted octanol–water partition coefficient (Wildman–Crippen LogP) is 2.00. The number of nitrogens with zero attached hydrogens (tertiary/aromatic N) is 1. The molecule has 0 spiro atoms. The molecule has 0 saturated carbocycles. The molecule has 2 rings (SSSR count). The molecule has 3 nitrogen and oxygen atoms in total. The summed E-state index contributed by atoms with van der Waals surface area (Å²) in [7, 11) is 1.98. The lowest BCUT2D eigenvalue weighted by Crippen LogP contribution is -2.43. The number of carbonyl (C=O) groups excluding carboxylic acids is 1. The highest BCUT2D eigenvalue weighted by atomic mass is 16.2. The highest BCUT2D eigenvalue weighted by Gasteiger charge is 2.23. The zero-order valence-corrected chi connectivity index (χ0v) is 12.0. The third-order valence-corrected chi connectivity index (χ3v) is 3.97. The van der Waals surface area contributed by atoms with E-state index in [0.29, 0.717) is 12.3 Å². The molecule has 1 aromatic carbocycles. The van der Waals surface area contributed by atoms with Crippen molar-refractivity contribution in [1.29, 1.82) is 0 Å². The highest BCUT2D eigenvalue weighted by Crippen LogP contribution is 2.17. The minimum absolute atomic E-state index is 0.273. The Morgan fingerprint density at radius 2 is 2.21 bits per heavy atom. The number of hydrogen-bond donors (Lipinski definition) is 1. The fourth-order valence-electron chi connectivity index (χ4n) is 2.83. The van der Waals surface area contributed by atoms with Gasteiger partial charge in [0.05, 0.1) is 6.42 Å². The fourth-order valence-corrected chi connectivity index (χ4v) is 2.83. The van der Waals surface area contributed by atoms with Gasteiger partial charge >= 0.3 is 0 Å². The summed E-state index contributed by atoms with van der Waals surface area (Å²) < 4.78 is 0. The van der Waals surface area contributed by atoms with Crippen LogP contribution in [0.5, 0.6) is 0 Å². The Bertz CT molecular complexity index is 429. The van der Waals surface area contributed by atoms with Crippen LogP contribution in [0.1, 0.15) is 24.0 Å². The van der Waals surface area contributed by atoms with Crippen LogP contribution in [-0.2, 0) is 11.2 Å².